The molecular formula is C14H31N3O. The molecule has 0 saturated heterocycles. The Morgan fingerprint density at radius 2 is 1.83 bits per heavy atom. The van der Waals surface area contributed by atoms with Gasteiger partial charge in [0.05, 0.1) is 0 Å². The van der Waals surface area contributed by atoms with Crippen LogP contribution in [-0.2, 0) is 4.79 Å². The van der Waals surface area contributed by atoms with Gasteiger partial charge in [0.25, 0.3) is 0 Å². The molecule has 0 radical (unpaired) electrons. The van der Waals surface area contributed by atoms with E-state index < -0.39 is 0 Å². The molecule has 0 aliphatic rings. The van der Waals surface area contributed by atoms with Crippen LogP contribution < -0.4 is 5.73 Å². The maximum Gasteiger partial charge on any atom is 0.222 e. The van der Waals surface area contributed by atoms with Gasteiger partial charge in [0.15, 0.2) is 0 Å². The van der Waals surface area contributed by atoms with E-state index >= 15 is 0 Å². The predicted octanol–water partition coefficient (Wildman–Crippen LogP) is 1.69. The fourth-order valence-corrected chi connectivity index (χ4v) is 2.06. The molecular weight excluding hydrogens is 226 g/mol. The van der Waals surface area contributed by atoms with Crippen LogP contribution in [0.1, 0.15) is 46.5 Å². The van der Waals surface area contributed by atoms with E-state index in [-0.39, 0.29) is 11.4 Å². The van der Waals surface area contributed by atoms with E-state index in [0.717, 1.165) is 32.4 Å². The molecule has 0 aliphatic heterocycles. The average molecular weight is 257 g/mol. The van der Waals surface area contributed by atoms with Gasteiger partial charge in [-0.2, -0.15) is 0 Å². The fraction of sp³-hybridized carbons (Fsp3) is 0.929. The maximum absolute atomic E-state index is 11.6. The Labute approximate surface area is 113 Å². The minimum Gasteiger partial charge on any atom is -0.349 e. The van der Waals surface area contributed by atoms with Crippen molar-refractivity contribution < 1.29 is 4.79 Å². The molecule has 4 heteroatoms. The molecule has 0 fully saturated rings. The van der Waals surface area contributed by atoms with Gasteiger partial charge in [-0.3, -0.25) is 9.69 Å². The highest BCUT2D eigenvalue weighted by molar-refractivity contribution is 5.75. The quantitative estimate of drug-likeness (QED) is 0.684. The topological polar surface area (TPSA) is 49.6 Å². The van der Waals surface area contributed by atoms with E-state index in [1.54, 1.807) is 4.90 Å². The second kappa shape index (κ2) is 8.48. The largest absolute Gasteiger partial charge is 0.349 e. The molecule has 1 atom stereocenters. The van der Waals surface area contributed by atoms with Crippen molar-refractivity contribution in [3.8, 4) is 0 Å². The second-order valence-electron chi connectivity index (χ2n) is 5.43. The zero-order valence-electron chi connectivity index (χ0n) is 12.8. The first-order chi connectivity index (χ1) is 8.41. The number of amides is 1. The molecule has 0 saturated carbocycles. The van der Waals surface area contributed by atoms with Gasteiger partial charge in [-0.25, -0.2) is 0 Å². The summed E-state index contributed by atoms with van der Waals surface area (Å²) in [6.45, 7) is 9.26. The first-order valence-corrected chi connectivity index (χ1v) is 7.06. The molecule has 18 heavy (non-hydrogen) atoms. The van der Waals surface area contributed by atoms with Crippen LogP contribution in [0, 0.1) is 0 Å². The summed E-state index contributed by atoms with van der Waals surface area (Å²) in [4.78, 5) is 15.7. The summed E-state index contributed by atoms with van der Waals surface area (Å²) in [5, 5.41) is 0. The first kappa shape index (κ1) is 17.4. The molecule has 0 heterocycles. The smallest absolute Gasteiger partial charge is 0.222 e. The Kier molecular flexibility index (Phi) is 8.20. The van der Waals surface area contributed by atoms with Crippen LogP contribution in [0.25, 0.3) is 0 Å². The normalized spacial score (nSPS) is 14.6. The highest BCUT2D eigenvalue weighted by atomic mass is 16.2. The Balaban J connectivity index is 4.32. The number of hydrogen-bond acceptors (Lipinski definition) is 3. The van der Waals surface area contributed by atoms with Crippen LogP contribution in [0.5, 0.6) is 0 Å². The lowest BCUT2D eigenvalue weighted by molar-refractivity contribution is -0.128. The van der Waals surface area contributed by atoms with E-state index in [9.17, 15) is 4.79 Å². The summed E-state index contributed by atoms with van der Waals surface area (Å²) in [6.07, 6.45) is 3.70. The molecule has 4 nitrogen and oxygen atoms in total. The van der Waals surface area contributed by atoms with Gasteiger partial charge in [-0.15, -0.1) is 0 Å². The van der Waals surface area contributed by atoms with E-state index in [4.69, 9.17) is 5.73 Å². The van der Waals surface area contributed by atoms with Crippen molar-refractivity contribution in [2.75, 3.05) is 33.7 Å². The summed E-state index contributed by atoms with van der Waals surface area (Å²) in [5.74, 6) is 0.206. The molecule has 108 valence electrons. The number of rotatable bonds is 9. The molecule has 0 aliphatic carbocycles. The summed E-state index contributed by atoms with van der Waals surface area (Å²) in [6, 6.07) is 0. The van der Waals surface area contributed by atoms with Gasteiger partial charge in [0, 0.05) is 32.6 Å². The van der Waals surface area contributed by atoms with E-state index in [1.807, 2.05) is 14.1 Å². The lowest BCUT2D eigenvalue weighted by atomic mass is 9.95. The van der Waals surface area contributed by atoms with Gasteiger partial charge in [0.2, 0.25) is 5.91 Å². The van der Waals surface area contributed by atoms with Crippen LogP contribution in [0.15, 0.2) is 0 Å². The van der Waals surface area contributed by atoms with E-state index in [0.29, 0.717) is 13.0 Å². The molecule has 0 aromatic rings. The Morgan fingerprint density at radius 1 is 1.22 bits per heavy atom. The molecule has 1 amide bonds. The maximum atomic E-state index is 11.6. The Bertz CT molecular complexity index is 237. The first-order valence-electron chi connectivity index (χ1n) is 7.06. The molecule has 0 aromatic heterocycles. The van der Waals surface area contributed by atoms with Crippen LogP contribution in [0.2, 0.25) is 0 Å². The van der Waals surface area contributed by atoms with Crippen LogP contribution in [0.3, 0.4) is 0 Å². The number of nitrogens with zero attached hydrogens (tertiary/aromatic N) is 2. The Morgan fingerprint density at radius 3 is 2.22 bits per heavy atom. The summed E-state index contributed by atoms with van der Waals surface area (Å²) < 4.78 is 0. The van der Waals surface area contributed by atoms with Crippen LogP contribution in [-0.4, -0.2) is 55.0 Å². The van der Waals surface area contributed by atoms with Gasteiger partial charge in [-0.05, 0) is 39.3 Å². The van der Waals surface area contributed by atoms with Crippen molar-refractivity contribution >= 4 is 5.91 Å². The third kappa shape index (κ3) is 5.36. The number of carbonyl (C=O) groups excluding carboxylic acids is 1. The fourth-order valence-electron chi connectivity index (χ4n) is 2.06. The summed E-state index contributed by atoms with van der Waals surface area (Å²) >= 11 is 0. The van der Waals surface area contributed by atoms with Crippen molar-refractivity contribution in [3.05, 3.63) is 0 Å². The van der Waals surface area contributed by atoms with Crippen molar-refractivity contribution in [3.63, 3.8) is 0 Å². The van der Waals surface area contributed by atoms with Crippen LogP contribution >= 0.6 is 0 Å². The summed E-state index contributed by atoms with van der Waals surface area (Å²) in [7, 11) is 3.62. The van der Waals surface area contributed by atoms with Gasteiger partial charge >= 0.3 is 0 Å². The van der Waals surface area contributed by atoms with Crippen molar-refractivity contribution in [2.45, 2.75) is 52.0 Å². The lowest BCUT2D eigenvalue weighted by Crippen LogP contribution is -2.52. The lowest BCUT2D eigenvalue weighted by Gasteiger charge is -2.40. The zero-order chi connectivity index (χ0) is 14.2. The monoisotopic (exact) mass is 257 g/mol. The van der Waals surface area contributed by atoms with E-state index in [2.05, 4.69) is 25.7 Å². The summed E-state index contributed by atoms with van der Waals surface area (Å²) in [5.41, 5.74) is 5.98. The number of nitrogens with two attached hydrogens (primary N) is 1. The van der Waals surface area contributed by atoms with Gasteiger partial charge in [0.1, 0.15) is 0 Å². The molecule has 0 spiro atoms. The van der Waals surface area contributed by atoms with Crippen molar-refractivity contribution in [1.82, 2.24) is 9.80 Å². The molecule has 0 rings (SSSR count). The predicted molar refractivity (Wildman–Crippen MR) is 77.5 cm³/mol. The zero-order valence-corrected chi connectivity index (χ0v) is 12.8. The highest BCUT2D eigenvalue weighted by Crippen LogP contribution is 2.19. The molecule has 2 N–H and O–H groups in total. The third-order valence-electron chi connectivity index (χ3n) is 3.78. The average Bonchev–Trinajstić information content (AvgIpc) is 2.36. The van der Waals surface area contributed by atoms with Crippen LogP contribution in [0.4, 0.5) is 0 Å². The van der Waals surface area contributed by atoms with Crippen molar-refractivity contribution in [2.24, 2.45) is 5.73 Å². The Hall–Kier alpha value is -0.610. The molecule has 1 unspecified atom stereocenters. The third-order valence-corrected chi connectivity index (χ3v) is 3.78. The minimum absolute atomic E-state index is 0.0666. The number of carbonyl (C=O) groups is 1. The second-order valence-corrected chi connectivity index (χ2v) is 5.43. The minimum atomic E-state index is 0.0666. The highest BCUT2D eigenvalue weighted by Gasteiger charge is 2.27. The standard InChI is InChI=1S/C14H31N3O/c1-6-10-17(14(3,7-2)12-15)11-8-9-13(18)16(4)5/h6-12,15H2,1-5H3. The van der Waals surface area contributed by atoms with Gasteiger partial charge in [-0.1, -0.05) is 13.8 Å². The van der Waals surface area contributed by atoms with E-state index in [1.165, 1.54) is 0 Å². The molecule has 0 bridgehead atoms. The SMILES string of the molecule is CCCN(CCCC(=O)N(C)C)C(C)(CC)CN. The molecule has 0 aromatic carbocycles. The van der Waals surface area contributed by atoms with Gasteiger partial charge < -0.3 is 10.6 Å². The number of hydrogen-bond donors (Lipinski definition) is 1. The van der Waals surface area contributed by atoms with Crippen molar-refractivity contribution in [1.29, 1.82) is 0 Å².